The predicted octanol–water partition coefficient (Wildman–Crippen LogP) is 3.46. The Balaban J connectivity index is 2.32. The maximum Gasteiger partial charge on any atom is 0.285 e. The van der Waals surface area contributed by atoms with Gasteiger partial charge in [0.2, 0.25) is 0 Å². The van der Waals surface area contributed by atoms with E-state index in [0.29, 0.717) is 11.3 Å². The van der Waals surface area contributed by atoms with E-state index in [0.717, 1.165) is 5.56 Å². The van der Waals surface area contributed by atoms with Crippen LogP contribution < -0.4 is 5.32 Å². The van der Waals surface area contributed by atoms with E-state index in [1.54, 1.807) is 31.2 Å². The molecule has 20 heavy (non-hydrogen) atoms. The van der Waals surface area contributed by atoms with Gasteiger partial charge in [0.25, 0.3) is 11.6 Å². The van der Waals surface area contributed by atoms with E-state index in [-0.39, 0.29) is 11.3 Å². The summed E-state index contributed by atoms with van der Waals surface area (Å²) in [5, 5.41) is 13.7. The monoisotopic (exact) mass is 270 g/mol. The standard InChI is InChI=1S/C15H14N2O3/c1-10-6-8-12(9-7-10)16-15(18)13-5-3-4-11(2)14(13)17(19)20/h3-9H,1-2H3,(H,16,18). The van der Waals surface area contributed by atoms with Crippen molar-refractivity contribution in [2.45, 2.75) is 13.8 Å². The first-order valence-corrected chi connectivity index (χ1v) is 6.11. The maximum atomic E-state index is 12.2. The highest BCUT2D eigenvalue weighted by Crippen LogP contribution is 2.24. The number of carbonyl (C=O) groups is 1. The van der Waals surface area contributed by atoms with Crippen LogP contribution in [0.15, 0.2) is 42.5 Å². The molecule has 0 unspecified atom stereocenters. The van der Waals surface area contributed by atoms with Gasteiger partial charge in [-0.15, -0.1) is 0 Å². The molecule has 2 rings (SSSR count). The first-order chi connectivity index (χ1) is 9.49. The molecule has 0 aliphatic carbocycles. The first-order valence-electron chi connectivity index (χ1n) is 6.11. The van der Waals surface area contributed by atoms with Gasteiger partial charge in [0, 0.05) is 11.3 Å². The topological polar surface area (TPSA) is 72.2 Å². The van der Waals surface area contributed by atoms with Gasteiger partial charge >= 0.3 is 0 Å². The zero-order chi connectivity index (χ0) is 14.7. The summed E-state index contributed by atoms with van der Waals surface area (Å²) in [7, 11) is 0. The fourth-order valence-electron chi connectivity index (χ4n) is 1.92. The van der Waals surface area contributed by atoms with E-state index in [2.05, 4.69) is 5.32 Å². The van der Waals surface area contributed by atoms with Gasteiger partial charge in [-0.2, -0.15) is 0 Å². The molecule has 0 aliphatic heterocycles. The number of para-hydroxylation sites is 1. The molecule has 2 aromatic carbocycles. The van der Waals surface area contributed by atoms with E-state index in [9.17, 15) is 14.9 Å². The summed E-state index contributed by atoms with van der Waals surface area (Å²) >= 11 is 0. The van der Waals surface area contributed by atoms with Crippen molar-refractivity contribution < 1.29 is 9.72 Å². The zero-order valence-electron chi connectivity index (χ0n) is 11.2. The van der Waals surface area contributed by atoms with Crippen LogP contribution in [0.2, 0.25) is 0 Å². The van der Waals surface area contributed by atoms with Crippen LogP contribution in [0.1, 0.15) is 21.5 Å². The summed E-state index contributed by atoms with van der Waals surface area (Å²) < 4.78 is 0. The van der Waals surface area contributed by atoms with Crippen LogP contribution >= 0.6 is 0 Å². The van der Waals surface area contributed by atoms with Crippen molar-refractivity contribution in [3.8, 4) is 0 Å². The van der Waals surface area contributed by atoms with Crippen LogP contribution in [-0.4, -0.2) is 10.8 Å². The fraction of sp³-hybridized carbons (Fsp3) is 0.133. The van der Waals surface area contributed by atoms with Gasteiger partial charge in [-0.3, -0.25) is 14.9 Å². The molecule has 5 nitrogen and oxygen atoms in total. The minimum absolute atomic E-state index is 0.0653. The van der Waals surface area contributed by atoms with Crippen molar-refractivity contribution in [1.82, 2.24) is 0 Å². The van der Waals surface area contributed by atoms with Gasteiger partial charge < -0.3 is 5.32 Å². The lowest BCUT2D eigenvalue weighted by Crippen LogP contribution is -2.14. The smallest absolute Gasteiger partial charge is 0.285 e. The van der Waals surface area contributed by atoms with Crippen LogP contribution in [0.5, 0.6) is 0 Å². The van der Waals surface area contributed by atoms with Crippen molar-refractivity contribution in [3.63, 3.8) is 0 Å². The Labute approximate surface area is 116 Å². The predicted molar refractivity (Wildman–Crippen MR) is 77.0 cm³/mol. The van der Waals surface area contributed by atoms with E-state index < -0.39 is 10.8 Å². The highest BCUT2D eigenvalue weighted by Gasteiger charge is 2.22. The maximum absolute atomic E-state index is 12.2. The van der Waals surface area contributed by atoms with Crippen molar-refractivity contribution in [1.29, 1.82) is 0 Å². The lowest BCUT2D eigenvalue weighted by molar-refractivity contribution is -0.385. The van der Waals surface area contributed by atoms with E-state index in [1.807, 2.05) is 19.1 Å². The number of anilines is 1. The summed E-state index contributed by atoms with van der Waals surface area (Å²) in [6.45, 7) is 3.55. The number of hydrogen-bond donors (Lipinski definition) is 1. The number of aryl methyl sites for hydroxylation is 2. The number of nitro groups is 1. The number of rotatable bonds is 3. The molecule has 0 aromatic heterocycles. The van der Waals surface area contributed by atoms with Crippen LogP contribution in [0, 0.1) is 24.0 Å². The number of nitro benzene ring substituents is 1. The molecular formula is C15H14N2O3. The van der Waals surface area contributed by atoms with Gasteiger partial charge in [-0.25, -0.2) is 0 Å². The zero-order valence-corrected chi connectivity index (χ0v) is 11.2. The third-order valence-electron chi connectivity index (χ3n) is 2.97. The Morgan fingerprint density at radius 2 is 1.75 bits per heavy atom. The molecule has 2 aromatic rings. The summed E-state index contributed by atoms with van der Waals surface area (Å²) in [5.41, 5.74) is 2.06. The fourth-order valence-corrected chi connectivity index (χ4v) is 1.92. The quantitative estimate of drug-likeness (QED) is 0.685. The van der Waals surface area contributed by atoms with Crippen molar-refractivity contribution in [2.75, 3.05) is 5.32 Å². The van der Waals surface area contributed by atoms with Gasteiger partial charge in [0.1, 0.15) is 5.56 Å². The number of hydrogen-bond acceptors (Lipinski definition) is 3. The van der Waals surface area contributed by atoms with E-state index in [4.69, 9.17) is 0 Å². The van der Waals surface area contributed by atoms with Crippen LogP contribution in [0.3, 0.4) is 0 Å². The van der Waals surface area contributed by atoms with Crippen LogP contribution in [0.25, 0.3) is 0 Å². The van der Waals surface area contributed by atoms with Crippen LogP contribution in [0.4, 0.5) is 11.4 Å². The van der Waals surface area contributed by atoms with Gasteiger partial charge in [0.05, 0.1) is 4.92 Å². The molecule has 0 saturated heterocycles. The lowest BCUT2D eigenvalue weighted by atomic mass is 10.1. The molecule has 0 spiro atoms. The third kappa shape index (κ3) is 2.83. The molecular weight excluding hydrogens is 256 g/mol. The van der Waals surface area contributed by atoms with Gasteiger partial charge in [-0.05, 0) is 32.0 Å². The molecule has 0 aliphatic rings. The minimum Gasteiger partial charge on any atom is -0.322 e. The second-order valence-corrected chi connectivity index (χ2v) is 4.55. The molecule has 0 fully saturated rings. The SMILES string of the molecule is Cc1ccc(NC(=O)c2cccc(C)c2[N+](=O)[O-])cc1. The summed E-state index contributed by atoms with van der Waals surface area (Å²) in [6, 6.07) is 11.9. The minimum atomic E-state index is -0.528. The van der Waals surface area contributed by atoms with Gasteiger partial charge in [-0.1, -0.05) is 29.8 Å². The Morgan fingerprint density at radius 3 is 2.35 bits per heavy atom. The molecule has 0 saturated carbocycles. The number of amides is 1. The molecule has 0 bridgehead atoms. The van der Waals surface area contributed by atoms with E-state index in [1.165, 1.54) is 6.07 Å². The molecule has 0 atom stereocenters. The summed E-state index contributed by atoms with van der Waals surface area (Å²) in [6.07, 6.45) is 0. The molecule has 1 N–H and O–H groups in total. The highest BCUT2D eigenvalue weighted by atomic mass is 16.6. The second kappa shape index (κ2) is 5.52. The normalized spacial score (nSPS) is 10.1. The Bertz CT molecular complexity index is 663. The van der Waals surface area contributed by atoms with Crippen molar-refractivity contribution in [2.24, 2.45) is 0 Å². The molecule has 0 radical (unpaired) electrons. The molecule has 0 heterocycles. The highest BCUT2D eigenvalue weighted by molar-refractivity contribution is 6.07. The lowest BCUT2D eigenvalue weighted by Gasteiger charge is -2.07. The number of carbonyl (C=O) groups excluding carboxylic acids is 1. The Kier molecular flexibility index (Phi) is 3.79. The average Bonchev–Trinajstić information content (AvgIpc) is 2.40. The molecule has 102 valence electrons. The largest absolute Gasteiger partial charge is 0.322 e. The van der Waals surface area contributed by atoms with Crippen LogP contribution in [-0.2, 0) is 0 Å². The Morgan fingerprint density at radius 1 is 1.10 bits per heavy atom. The molecule has 1 amide bonds. The third-order valence-corrected chi connectivity index (χ3v) is 2.97. The molecule has 5 heteroatoms. The van der Waals surface area contributed by atoms with E-state index >= 15 is 0 Å². The first kappa shape index (κ1) is 13.7. The van der Waals surface area contributed by atoms with Crippen molar-refractivity contribution in [3.05, 3.63) is 69.3 Å². The average molecular weight is 270 g/mol. The number of benzene rings is 2. The van der Waals surface area contributed by atoms with Gasteiger partial charge in [0.15, 0.2) is 0 Å². The Hall–Kier alpha value is -2.69. The number of nitrogens with zero attached hydrogens (tertiary/aromatic N) is 1. The summed E-state index contributed by atoms with van der Waals surface area (Å²) in [4.78, 5) is 22.7. The second-order valence-electron chi connectivity index (χ2n) is 4.55. The summed E-state index contributed by atoms with van der Waals surface area (Å²) in [5.74, 6) is -0.482. The van der Waals surface area contributed by atoms with Crippen molar-refractivity contribution >= 4 is 17.3 Å². The number of nitrogens with one attached hydrogen (secondary N) is 1.